The van der Waals surface area contributed by atoms with Gasteiger partial charge in [-0.25, -0.2) is 9.97 Å². The molecule has 1 aliphatic rings. The molecule has 19 heavy (non-hydrogen) atoms. The lowest BCUT2D eigenvalue weighted by molar-refractivity contribution is 0.111. The van der Waals surface area contributed by atoms with Crippen molar-refractivity contribution in [2.45, 2.75) is 51.6 Å². The number of hydrogen-bond donors (Lipinski definition) is 3. The number of nitrogens with two attached hydrogens (primary N) is 1. The van der Waals surface area contributed by atoms with Crippen LogP contribution in [0, 0.1) is 5.92 Å². The van der Waals surface area contributed by atoms with Gasteiger partial charge in [0.15, 0.2) is 0 Å². The Balaban J connectivity index is 1.98. The Kier molecular flexibility index (Phi) is 4.58. The summed E-state index contributed by atoms with van der Waals surface area (Å²) in [5.41, 5.74) is 6.92. The van der Waals surface area contributed by atoms with Crippen LogP contribution in [0.15, 0.2) is 6.33 Å². The summed E-state index contributed by atoms with van der Waals surface area (Å²) >= 11 is 0. The fourth-order valence-electron chi connectivity index (χ4n) is 2.71. The minimum Gasteiger partial charge on any atom is -0.393 e. The molecular weight excluding hydrogens is 240 g/mol. The maximum atomic E-state index is 9.51. The van der Waals surface area contributed by atoms with Gasteiger partial charge in [0.25, 0.3) is 0 Å². The molecule has 1 fully saturated rings. The smallest absolute Gasteiger partial charge is 0.134 e. The Morgan fingerprint density at radius 2 is 2.00 bits per heavy atom. The van der Waals surface area contributed by atoms with Gasteiger partial charge in [0.05, 0.1) is 6.10 Å². The second-order valence-electron chi connectivity index (χ2n) is 5.73. The molecule has 106 valence electrons. The van der Waals surface area contributed by atoms with E-state index >= 15 is 0 Å². The van der Waals surface area contributed by atoms with Gasteiger partial charge in [-0.15, -0.1) is 0 Å². The van der Waals surface area contributed by atoms with Crippen LogP contribution >= 0.6 is 0 Å². The molecule has 1 aromatic rings. The van der Waals surface area contributed by atoms with Crippen molar-refractivity contribution in [1.82, 2.24) is 9.97 Å². The lowest BCUT2D eigenvalue weighted by Gasteiger charge is -2.26. The molecule has 0 radical (unpaired) electrons. The quantitative estimate of drug-likeness (QED) is 0.776. The van der Waals surface area contributed by atoms with Gasteiger partial charge >= 0.3 is 0 Å². The van der Waals surface area contributed by atoms with E-state index in [1.165, 1.54) is 6.33 Å². The Morgan fingerprint density at radius 1 is 1.32 bits per heavy atom. The minimum absolute atomic E-state index is 0.0998. The first-order valence-electron chi connectivity index (χ1n) is 7.10. The van der Waals surface area contributed by atoms with Crippen molar-refractivity contribution in [3.8, 4) is 0 Å². The van der Waals surface area contributed by atoms with Gasteiger partial charge in [-0.2, -0.15) is 0 Å². The molecule has 0 amide bonds. The number of aliphatic hydroxyl groups excluding tert-OH is 1. The number of anilines is 2. The van der Waals surface area contributed by atoms with Gasteiger partial charge in [-0.05, 0) is 37.5 Å². The normalized spacial score (nSPS) is 23.6. The van der Waals surface area contributed by atoms with Crippen molar-refractivity contribution in [2.75, 3.05) is 17.6 Å². The summed E-state index contributed by atoms with van der Waals surface area (Å²) in [5.74, 6) is 2.33. The summed E-state index contributed by atoms with van der Waals surface area (Å²) in [5, 5.41) is 12.9. The average Bonchev–Trinajstić information content (AvgIpc) is 2.37. The van der Waals surface area contributed by atoms with Crippen LogP contribution in [0.4, 0.5) is 11.6 Å². The highest BCUT2D eigenvalue weighted by Gasteiger charge is 2.20. The van der Waals surface area contributed by atoms with E-state index in [9.17, 15) is 5.11 Å². The molecule has 5 heteroatoms. The third-order valence-corrected chi connectivity index (χ3v) is 3.87. The van der Waals surface area contributed by atoms with Crippen molar-refractivity contribution in [3.05, 3.63) is 11.9 Å². The minimum atomic E-state index is -0.0998. The third kappa shape index (κ3) is 3.56. The van der Waals surface area contributed by atoms with Crippen molar-refractivity contribution < 1.29 is 5.11 Å². The van der Waals surface area contributed by atoms with Gasteiger partial charge in [-0.1, -0.05) is 13.8 Å². The van der Waals surface area contributed by atoms with Crippen LogP contribution in [0.25, 0.3) is 0 Å². The SMILES string of the molecule is CC(C)c1c(N)ncnc1NCC1CCC(O)CC1. The molecule has 0 aliphatic heterocycles. The summed E-state index contributed by atoms with van der Waals surface area (Å²) in [7, 11) is 0. The van der Waals surface area contributed by atoms with Crippen molar-refractivity contribution in [2.24, 2.45) is 5.92 Å². The van der Waals surface area contributed by atoms with Crippen LogP contribution in [-0.4, -0.2) is 27.7 Å². The number of nitrogens with one attached hydrogen (secondary N) is 1. The first-order valence-corrected chi connectivity index (χ1v) is 7.10. The van der Waals surface area contributed by atoms with Crippen molar-refractivity contribution >= 4 is 11.6 Å². The predicted molar refractivity (Wildman–Crippen MR) is 77.0 cm³/mol. The second kappa shape index (κ2) is 6.19. The molecular formula is C14H24N4O. The molecule has 5 nitrogen and oxygen atoms in total. The largest absolute Gasteiger partial charge is 0.393 e. The van der Waals surface area contributed by atoms with Crippen LogP contribution in [0.1, 0.15) is 51.0 Å². The molecule has 2 rings (SSSR count). The summed E-state index contributed by atoms with van der Waals surface area (Å²) in [6.45, 7) is 5.08. The molecule has 1 aliphatic carbocycles. The third-order valence-electron chi connectivity index (χ3n) is 3.87. The standard InChI is InChI=1S/C14H24N4O/c1-9(2)12-13(15)17-8-18-14(12)16-7-10-3-5-11(19)6-4-10/h8-11,19H,3-7H2,1-2H3,(H3,15,16,17,18). The molecule has 0 saturated heterocycles. The van der Waals surface area contributed by atoms with E-state index in [0.717, 1.165) is 43.6 Å². The highest BCUT2D eigenvalue weighted by atomic mass is 16.3. The summed E-state index contributed by atoms with van der Waals surface area (Å²) in [4.78, 5) is 8.37. The number of aliphatic hydroxyl groups is 1. The molecule has 1 aromatic heterocycles. The number of hydrogen-bond acceptors (Lipinski definition) is 5. The van der Waals surface area contributed by atoms with Crippen molar-refractivity contribution in [1.29, 1.82) is 0 Å². The van der Waals surface area contributed by atoms with Gasteiger partial charge in [-0.3, -0.25) is 0 Å². The highest BCUT2D eigenvalue weighted by Crippen LogP contribution is 2.28. The summed E-state index contributed by atoms with van der Waals surface area (Å²) < 4.78 is 0. The molecule has 1 heterocycles. The van der Waals surface area contributed by atoms with Gasteiger partial charge < -0.3 is 16.2 Å². The average molecular weight is 264 g/mol. The summed E-state index contributed by atoms with van der Waals surface area (Å²) in [6, 6.07) is 0. The monoisotopic (exact) mass is 264 g/mol. The highest BCUT2D eigenvalue weighted by molar-refractivity contribution is 5.56. The Labute approximate surface area is 114 Å². The molecule has 0 atom stereocenters. The van der Waals surface area contributed by atoms with E-state index in [0.29, 0.717) is 17.7 Å². The van der Waals surface area contributed by atoms with Crippen LogP contribution in [-0.2, 0) is 0 Å². The zero-order chi connectivity index (χ0) is 13.8. The van der Waals surface area contributed by atoms with Crippen molar-refractivity contribution in [3.63, 3.8) is 0 Å². The lowest BCUT2D eigenvalue weighted by atomic mass is 9.87. The zero-order valence-corrected chi connectivity index (χ0v) is 11.8. The predicted octanol–water partition coefficient (Wildman–Crippen LogP) is 2.15. The molecule has 0 spiro atoms. The molecule has 4 N–H and O–H groups in total. The Bertz CT molecular complexity index is 414. The number of rotatable bonds is 4. The van der Waals surface area contributed by atoms with E-state index < -0.39 is 0 Å². The maximum absolute atomic E-state index is 9.51. The van der Waals surface area contributed by atoms with E-state index in [4.69, 9.17) is 5.73 Å². The first-order chi connectivity index (χ1) is 9.08. The molecule has 1 saturated carbocycles. The molecule has 0 bridgehead atoms. The first kappa shape index (κ1) is 14.1. The molecule has 0 aromatic carbocycles. The summed E-state index contributed by atoms with van der Waals surface area (Å²) in [6.07, 6.45) is 5.38. The van der Waals surface area contributed by atoms with Gasteiger partial charge in [0.1, 0.15) is 18.0 Å². The number of nitrogen functional groups attached to an aromatic ring is 1. The fraction of sp³-hybridized carbons (Fsp3) is 0.714. The Morgan fingerprint density at radius 3 is 2.63 bits per heavy atom. The number of nitrogens with zero attached hydrogens (tertiary/aromatic N) is 2. The number of aromatic nitrogens is 2. The zero-order valence-electron chi connectivity index (χ0n) is 11.8. The maximum Gasteiger partial charge on any atom is 0.134 e. The second-order valence-corrected chi connectivity index (χ2v) is 5.73. The fourth-order valence-corrected chi connectivity index (χ4v) is 2.71. The van der Waals surface area contributed by atoms with Crippen LogP contribution in [0.5, 0.6) is 0 Å². The molecule has 0 unspecified atom stereocenters. The van der Waals surface area contributed by atoms with Crippen LogP contribution in [0.3, 0.4) is 0 Å². The van der Waals surface area contributed by atoms with E-state index in [1.54, 1.807) is 0 Å². The van der Waals surface area contributed by atoms with Crippen LogP contribution < -0.4 is 11.1 Å². The van der Waals surface area contributed by atoms with E-state index in [2.05, 4.69) is 29.1 Å². The van der Waals surface area contributed by atoms with E-state index in [1.807, 2.05) is 0 Å². The van der Waals surface area contributed by atoms with Gasteiger partial charge in [0, 0.05) is 12.1 Å². The topological polar surface area (TPSA) is 84.1 Å². The van der Waals surface area contributed by atoms with E-state index in [-0.39, 0.29) is 6.10 Å². The van der Waals surface area contributed by atoms with Crippen LogP contribution in [0.2, 0.25) is 0 Å². The lowest BCUT2D eigenvalue weighted by Crippen LogP contribution is -2.24. The Hall–Kier alpha value is -1.36. The van der Waals surface area contributed by atoms with Gasteiger partial charge in [0.2, 0.25) is 0 Å².